The molecule has 0 bridgehead atoms. The number of nitrogens with zero attached hydrogens (tertiary/aromatic N) is 3. The minimum Gasteiger partial charge on any atom is -0.340 e. The lowest BCUT2D eigenvalue weighted by Gasteiger charge is -2.33. The van der Waals surface area contributed by atoms with Crippen LogP contribution in [0, 0.1) is 11.3 Å². The lowest BCUT2D eigenvalue weighted by molar-refractivity contribution is -0.132. The lowest BCUT2D eigenvalue weighted by atomic mass is 10.1. The summed E-state index contributed by atoms with van der Waals surface area (Å²) in [6.07, 6.45) is 2.56. The molecule has 0 atom stereocenters. The number of aryl methyl sites for hydroxylation is 1. The van der Waals surface area contributed by atoms with Crippen LogP contribution in [0.3, 0.4) is 0 Å². The lowest BCUT2D eigenvalue weighted by Crippen LogP contribution is -2.50. The largest absolute Gasteiger partial charge is 0.340 e. The van der Waals surface area contributed by atoms with Crippen LogP contribution in [0.15, 0.2) is 60.0 Å². The van der Waals surface area contributed by atoms with Gasteiger partial charge in [-0.1, -0.05) is 42.5 Å². The average Bonchev–Trinajstić information content (AvgIpc) is 2.77. The molecule has 0 saturated carbocycles. The first-order valence-corrected chi connectivity index (χ1v) is 11.0. The molecule has 7 heteroatoms. The molecule has 150 valence electrons. The molecular formula is C22H23N3O3S. The number of piperazine rings is 1. The SMILES string of the molecule is N#Cc1ccc(CCC(=O)N2CCN(S(=O)(=O)/C=C/c3ccccc3)CC2)cc1. The third-order valence-electron chi connectivity index (χ3n) is 4.89. The third-order valence-corrected chi connectivity index (χ3v) is 6.46. The van der Waals surface area contributed by atoms with Gasteiger partial charge in [0.1, 0.15) is 0 Å². The van der Waals surface area contributed by atoms with Crippen molar-refractivity contribution in [3.63, 3.8) is 0 Å². The van der Waals surface area contributed by atoms with Crippen molar-refractivity contribution in [3.05, 3.63) is 76.7 Å². The van der Waals surface area contributed by atoms with Gasteiger partial charge in [0.2, 0.25) is 15.9 Å². The van der Waals surface area contributed by atoms with Gasteiger partial charge in [0.25, 0.3) is 0 Å². The number of nitriles is 1. The van der Waals surface area contributed by atoms with Crippen LogP contribution in [-0.2, 0) is 21.2 Å². The predicted molar refractivity (Wildman–Crippen MR) is 112 cm³/mol. The van der Waals surface area contributed by atoms with Crippen LogP contribution in [0.5, 0.6) is 0 Å². The summed E-state index contributed by atoms with van der Waals surface area (Å²) in [6, 6.07) is 18.5. The summed E-state index contributed by atoms with van der Waals surface area (Å²) in [6.45, 7) is 1.38. The van der Waals surface area contributed by atoms with E-state index in [9.17, 15) is 13.2 Å². The number of rotatable bonds is 6. The predicted octanol–water partition coefficient (Wildman–Crippen LogP) is 2.64. The Hall–Kier alpha value is -2.95. The van der Waals surface area contributed by atoms with E-state index in [1.165, 1.54) is 9.71 Å². The van der Waals surface area contributed by atoms with Gasteiger partial charge in [0.15, 0.2) is 0 Å². The number of hydrogen-bond donors (Lipinski definition) is 0. The highest BCUT2D eigenvalue weighted by Gasteiger charge is 2.27. The number of sulfonamides is 1. The molecule has 6 nitrogen and oxygen atoms in total. The van der Waals surface area contributed by atoms with Crippen LogP contribution in [0.2, 0.25) is 0 Å². The Kier molecular flexibility index (Phi) is 6.81. The zero-order valence-corrected chi connectivity index (χ0v) is 16.9. The standard InChI is InChI=1S/C22H23N3O3S/c23-18-21-8-6-20(7-9-21)10-11-22(26)24-13-15-25(16-14-24)29(27,28)17-12-19-4-2-1-3-5-19/h1-9,12,17H,10-11,13-16H2/b17-12+. The van der Waals surface area contributed by atoms with Crippen molar-refractivity contribution < 1.29 is 13.2 Å². The van der Waals surface area contributed by atoms with E-state index in [-0.39, 0.29) is 5.91 Å². The molecule has 1 fully saturated rings. The zero-order chi connectivity index (χ0) is 20.7. The molecule has 1 heterocycles. The second-order valence-corrected chi connectivity index (χ2v) is 8.67. The fraction of sp³-hybridized carbons (Fsp3) is 0.273. The van der Waals surface area contributed by atoms with E-state index in [2.05, 4.69) is 6.07 Å². The van der Waals surface area contributed by atoms with Crippen molar-refractivity contribution >= 4 is 22.0 Å². The zero-order valence-electron chi connectivity index (χ0n) is 16.1. The Morgan fingerprint density at radius 2 is 1.66 bits per heavy atom. The maximum atomic E-state index is 12.5. The van der Waals surface area contributed by atoms with Gasteiger partial charge < -0.3 is 4.90 Å². The second kappa shape index (κ2) is 9.50. The van der Waals surface area contributed by atoms with E-state index in [1.807, 2.05) is 42.5 Å². The monoisotopic (exact) mass is 409 g/mol. The smallest absolute Gasteiger partial charge is 0.236 e. The summed E-state index contributed by atoms with van der Waals surface area (Å²) in [5.74, 6) is 0.0197. The average molecular weight is 410 g/mol. The minimum atomic E-state index is -3.50. The summed E-state index contributed by atoms with van der Waals surface area (Å²) < 4.78 is 26.4. The number of amides is 1. The first-order valence-electron chi connectivity index (χ1n) is 9.48. The van der Waals surface area contributed by atoms with Crippen molar-refractivity contribution in [1.82, 2.24) is 9.21 Å². The Morgan fingerprint density at radius 1 is 1.00 bits per heavy atom. The topological polar surface area (TPSA) is 81.5 Å². The van der Waals surface area contributed by atoms with Crippen LogP contribution in [-0.4, -0.2) is 49.7 Å². The molecule has 29 heavy (non-hydrogen) atoms. The van der Waals surface area contributed by atoms with Crippen molar-refractivity contribution in [3.8, 4) is 6.07 Å². The van der Waals surface area contributed by atoms with Crippen molar-refractivity contribution in [2.75, 3.05) is 26.2 Å². The van der Waals surface area contributed by atoms with Crippen molar-refractivity contribution in [2.45, 2.75) is 12.8 Å². The van der Waals surface area contributed by atoms with Gasteiger partial charge in [0.05, 0.1) is 11.6 Å². The van der Waals surface area contributed by atoms with Gasteiger partial charge in [-0.25, -0.2) is 8.42 Å². The van der Waals surface area contributed by atoms with E-state index in [0.717, 1.165) is 11.1 Å². The first kappa shape index (κ1) is 20.8. The van der Waals surface area contributed by atoms with Crippen LogP contribution in [0.1, 0.15) is 23.1 Å². The van der Waals surface area contributed by atoms with Crippen LogP contribution >= 0.6 is 0 Å². The highest BCUT2D eigenvalue weighted by molar-refractivity contribution is 7.92. The minimum absolute atomic E-state index is 0.0197. The first-order chi connectivity index (χ1) is 14.0. The molecular weight excluding hydrogens is 386 g/mol. The van der Waals surface area contributed by atoms with Crippen molar-refractivity contribution in [2.24, 2.45) is 0 Å². The quantitative estimate of drug-likeness (QED) is 0.734. The van der Waals surface area contributed by atoms with Crippen molar-refractivity contribution in [1.29, 1.82) is 5.26 Å². The summed E-state index contributed by atoms with van der Waals surface area (Å²) in [5, 5.41) is 10.1. The van der Waals surface area contributed by atoms with E-state index >= 15 is 0 Å². The molecule has 0 aliphatic carbocycles. The molecule has 1 saturated heterocycles. The molecule has 1 aliphatic rings. The Balaban J connectivity index is 1.49. The van der Waals surface area contributed by atoms with Gasteiger partial charge in [-0.3, -0.25) is 4.79 Å². The second-order valence-electron chi connectivity index (χ2n) is 6.85. The van der Waals surface area contributed by atoms with Gasteiger partial charge in [-0.2, -0.15) is 9.57 Å². The highest BCUT2D eigenvalue weighted by atomic mass is 32.2. The maximum absolute atomic E-state index is 12.5. The number of carbonyl (C=O) groups is 1. The van der Waals surface area contributed by atoms with Crippen LogP contribution < -0.4 is 0 Å². The molecule has 0 spiro atoms. The molecule has 0 N–H and O–H groups in total. The summed E-state index contributed by atoms with van der Waals surface area (Å²) >= 11 is 0. The number of benzene rings is 2. The van der Waals surface area contributed by atoms with Gasteiger partial charge in [-0.05, 0) is 35.8 Å². The normalized spacial score (nSPS) is 15.3. The molecule has 0 aromatic heterocycles. The molecule has 0 unspecified atom stereocenters. The summed E-state index contributed by atoms with van der Waals surface area (Å²) in [7, 11) is -3.50. The third kappa shape index (κ3) is 5.76. The van der Waals surface area contributed by atoms with E-state index < -0.39 is 10.0 Å². The van der Waals surface area contributed by atoms with Crippen LogP contribution in [0.25, 0.3) is 6.08 Å². The number of hydrogen-bond acceptors (Lipinski definition) is 4. The van der Waals surface area contributed by atoms with Gasteiger partial charge >= 0.3 is 0 Å². The molecule has 1 amide bonds. The van der Waals surface area contributed by atoms with Gasteiger partial charge in [-0.15, -0.1) is 0 Å². The molecule has 1 aliphatic heterocycles. The highest BCUT2D eigenvalue weighted by Crippen LogP contribution is 2.13. The van der Waals surface area contributed by atoms with E-state index in [0.29, 0.717) is 44.6 Å². The van der Waals surface area contributed by atoms with Crippen LogP contribution in [0.4, 0.5) is 0 Å². The molecule has 3 rings (SSSR count). The summed E-state index contributed by atoms with van der Waals surface area (Å²) in [4.78, 5) is 14.2. The van der Waals surface area contributed by atoms with Gasteiger partial charge in [0, 0.05) is 38.0 Å². The summed E-state index contributed by atoms with van der Waals surface area (Å²) in [5.41, 5.74) is 2.43. The Bertz CT molecular complexity index is 1000. The number of carbonyl (C=O) groups excluding carboxylic acids is 1. The molecule has 2 aromatic carbocycles. The fourth-order valence-electron chi connectivity index (χ4n) is 3.16. The fourth-order valence-corrected chi connectivity index (χ4v) is 4.34. The Labute approximate surface area is 171 Å². The van der Waals surface area contributed by atoms with E-state index in [1.54, 1.807) is 23.1 Å². The molecule has 0 radical (unpaired) electrons. The van der Waals surface area contributed by atoms with E-state index in [4.69, 9.17) is 5.26 Å². The molecule has 2 aromatic rings. The maximum Gasteiger partial charge on any atom is 0.236 e. The Morgan fingerprint density at radius 3 is 2.28 bits per heavy atom.